The average Bonchev–Trinajstić information content (AvgIpc) is 2.44. The summed E-state index contributed by atoms with van der Waals surface area (Å²) >= 11 is 0. The molecular formula is C16H28IN3O. The van der Waals surface area contributed by atoms with E-state index in [1.165, 1.54) is 0 Å². The highest BCUT2D eigenvalue weighted by molar-refractivity contribution is 14.0. The molecule has 0 aliphatic carbocycles. The molecule has 1 aromatic rings. The predicted octanol–water partition coefficient (Wildman–Crippen LogP) is 3.35. The molecule has 0 amide bonds. The molecule has 0 radical (unpaired) electrons. The van der Waals surface area contributed by atoms with Crippen molar-refractivity contribution in [2.45, 2.75) is 40.2 Å². The summed E-state index contributed by atoms with van der Waals surface area (Å²) in [6.07, 6.45) is 1.13. The number of halogens is 1. The van der Waals surface area contributed by atoms with Crippen molar-refractivity contribution in [3.05, 3.63) is 29.8 Å². The zero-order valence-corrected chi connectivity index (χ0v) is 15.8. The Hall–Kier alpha value is -0.980. The summed E-state index contributed by atoms with van der Waals surface area (Å²) in [6, 6.07) is 8.06. The highest BCUT2D eigenvalue weighted by Gasteiger charge is 2.06. The zero-order valence-electron chi connectivity index (χ0n) is 13.5. The van der Waals surface area contributed by atoms with Crippen LogP contribution in [-0.2, 0) is 0 Å². The normalized spacial score (nSPS) is 12.3. The van der Waals surface area contributed by atoms with Gasteiger partial charge in [0.1, 0.15) is 11.9 Å². The molecule has 1 unspecified atom stereocenters. The van der Waals surface area contributed by atoms with Crippen LogP contribution in [-0.4, -0.2) is 31.7 Å². The molecule has 0 aliphatic heterocycles. The molecule has 0 spiro atoms. The van der Waals surface area contributed by atoms with Gasteiger partial charge in [0.25, 0.3) is 0 Å². The van der Waals surface area contributed by atoms with Crippen LogP contribution in [0.4, 0.5) is 0 Å². The minimum Gasteiger partial charge on any atom is -0.489 e. The van der Waals surface area contributed by atoms with Crippen LogP contribution in [0.25, 0.3) is 0 Å². The minimum absolute atomic E-state index is 0. The third kappa shape index (κ3) is 8.14. The Morgan fingerprint density at radius 1 is 1.24 bits per heavy atom. The number of guanidine groups is 1. The Labute approximate surface area is 145 Å². The number of aryl methyl sites for hydroxylation is 1. The maximum atomic E-state index is 5.92. The SMILES string of the molecule is CCCNC(=NCC(C)Oc1ccccc1C)NCC.I. The van der Waals surface area contributed by atoms with Crippen LogP contribution < -0.4 is 15.4 Å². The smallest absolute Gasteiger partial charge is 0.191 e. The van der Waals surface area contributed by atoms with Crippen LogP contribution >= 0.6 is 24.0 Å². The van der Waals surface area contributed by atoms with Crippen LogP contribution in [0, 0.1) is 6.92 Å². The maximum absolute atomic E-state index is 5.92. The number of nitrogens with one attached hydrogen (secondary N) is 2. The second-order valence-corrected chi connectivity index (χ2v) is 4.84. The molecular weight excluding hydrogens is 377 g/mol. The fraction of sp³-hybridized carbons (Fsp3) is 0.562. The molecule has 120 valence electrons. The van der Waals surface area contributed by atoms with E-state index in [2.05, 4.69) is 42.5 Å². The van der Waals surface area contributed by atoms with E-state index in [9.17, 15) is 0 Å². The third-order valence-corrected chi connectivity index (χ3v) is 2.81. The van der Waals surface area contributed by atoms with Crippen LogP contribution in [0.5, 0.6) is 5.75 Å². The van der Waals surface area contributed by atoms with E-state index >= 15 is 0 Å². The Bertz CT molecular complexity index is 424. The molecule has 0 heterocycles. The van der Waals surface area contributed by atoms with Crippen molar-refractivity contribution >= 4 is 29.9 Å². The van der Waals surface area contributed by atoms with Gasteiger partial charge in [-0.15, -0.1) is 24.0 Å². The molecule has 0 saturated carbocycles. The number of rotatable bonds is 7. The van der Waals surface area contributed by atoms with Gasteiger partial charge in [-0.25, -0.2) is 4.99 Å². The fourth-order valence-electron chi connectivity index (χ4n) is 1.75. The van der Waals surface area contributed by atoms with Gasteiger partial charge >= 0.3 is 0 Å². The van der Waals surface area contributed by atoms with E-state index in [-0.39, 0.29) is 30.1 Å². The molecule has 4 nitrogen and oxygen atoms in total. The number of benzene rings is 1. The lowest BCUT2D eigenvalue weighted by atomic mass is 10.2. The van der Waals surface area contributed by atoms with Crippen molar-refractivity contribution in [2.75, 3.05) is 19.6 Å². The number of para-hydroxylation sites is 1. The van der Waals surface area contributed by atoms with Crippen LogP contribution in [0.3, 0.4) is 0 Å². The second kappa shape index (κ2) is 11.7. The fourth-order valence-corrected chi connectivity index (χ4v) is 1.75. The number of hydrogen-bond acceptors (Lipinski definition) is 2. The molecule has 0 saturated heterocycles. The second-order valence-electron chi connectivity index (χ2n) is 4.84. The molecule has 5 heteroatoms. The first-order valence-corrected chi connectivity index (χ1v) is 7.41. The maximum Gasteiger partial charge on any atom is 0.191 e. The lowest BCUT2D eigenvalue weighted by Gasteiger charge is -2.16. The molecule has 0 aliphatic rings. The topological polar surface area (TPSA) is 45.7 Å². The summed E-state index contributed by atoms with van der Waals surface area (Å²) in [5, 5.41) is 6.52. The zero-order chi connectivity index (χ0) is 14.8. The van der Waals surface area contributed by atoms with Gasteiger partial charge in [-0.2, -0.15) is 0 Å². The number of aliphatic imine (C=N–C) groups is 1. The average molecular weight is 405 g/mol. The summed E-state index contributed by atoms with van der Waals surface area (Å²) < 4.78 is 5.92. The van der Waals surface area contributed by atoms with Crippen LogP contribution in [0.15, 0.2) is 29.3 Å². The molecule has 1 aromatic carbocycles. The standard InChI is InChI=1S/C16H27N3O.HI/c1-5-11-18-16(17-6-2)19-12-14(4)20-15-10-8-7-9-13(15)3;/h7-10,14H,5-6,11-12H2,1-4H3,(H2,17,18,19);1H. The van der Waals surface area contributed by atoms with E-state index in [4.69, 9.17) is 4.74 Å². The van der Waals surface area contributed by atoms with Crippen molar-refractivity contribution in [3.8, 4) is 5.75 Å². The molecule has 0 bridgehead atoms. The lowest BCUT2D eigenvalue weighted by Crippen LogP contribution is -2.38. The number of hydrogen-bond donors (Lipinski definition) is 2. The van der Waals surface area contributed by atoms with Crippen molar-refractivity contribution in [1.82, 2.24) is 10.6 Å². The summed E-state index contributed by atoms with van der Waals surface area (Å²) in [7, 11) is 0. The lowest BCUT2D eigenvalue weighted by molar-refractivity contribution is 0.228. The first-order chi connectivity index (χ1) is 9.67. The summed E-state index contributed by atoms with van der Waals surface area (Å²) in [6.45, 7) is 10.7. The van der Waals surface area contributed by atoms with Gasteiger partial charge < -0.3 is 15.4 Å². The van der Waals surface area contributed by atoms with Gasteiger partial charge in [-0.1, -0.05) is 25.1 Å². The highest BCUT2D eigenvalue weighted by Crippen LogP contribution is 2.17. The van der Waals surface area contributed by atoms with Gasteiger partial charge in [0.05, 0.1) is 6.54 Å². The Balaban J connectivity index is 0.00000400. The largest absolute Gasteiger partial charge is 0.489 e. The number of ether oxygens (including phenoxy) is 1. The van der Waals surface area contributed by atoms with Crippen molar-refractivity contribution in [1.29, 1.82) is 0 Å². The third-order valence-electron chi connectivity index (χ3n) is 2.81. The quantitative estimate of drug-likeness (QED) is 0.416. The van der Waals surface area contributed by atoms with Crippen LogP contribution in [0.1, 0.15) is 32.8 Å². The molecule has 1 rings (SSSR count). The van der Waals surface area contributed by atoms with Crippen LogP contribution in [0.2, 0.25) is 0 Å². The van der Waals surface area contributed by atoms with Crippen molar-refractivity contribution in [2.24, 2.45) is 4.99 Å². The first-order valence-electron chi connectivity index (χ1n) is 7.41. The minimum atomic E-state index is 0. The number of nitrogens with zero attached hydrogens (tertiary/aromatic N) is 1. The van der Waals surface area contributed by atoms with Gasteiger partial charge in [-0.05, 0) is 38.8 Å². The van der Waals surface area contributed by atoms with Gasteiger partial charge in [0.2, 0.25) is 0 Å². The van der Waals surface area contributed by atoms with E-state index in [0.717, 1.165) is 36.8 Å². The molecule has 0 aromatic heterocycles. The first kappa shape index (κ1) is 20.0. The van der Waals surface area contributed by atoms with Gasteiger partial charge in [0.15, 0.2) is 5.96 Å². The van der Waals surface area contributed by atoms with Gasteiger partial charge in [0, 0.05) is 13.1 Å². The summed E-state index contributed by atoms with van der Waals surface area (Å²) in [5.74, 6) is 1.79. The predicted molar refractivity (Wildman–Crippen MR) is 101 cm³/mol. The molecule has 21 heavy (non-hydrogen) atoms. The summed E-state index contributed by atoms with van der Waals surface area (Å²) in [5.41, 5.74) is 1.15. The highest BCUT2D eigenvalue weighted by atomic mass is 127. The Morgan fingerprint density at radius 3 is 2.57 bits per heavy atom. The van der Waals surface area contributed by atoms with E-state index < -0.39 is 0 Å². The molecule has 0 fully saturated rings. The summed E-state index contributed by atoms with van der Waals surface area (Å²) in [4.78, 5) is 4.55. The van der Waals surface area contributed by atoms with Gasteiger partial charge in [-0.3, -0.25) is 0 Å². The molecule has 1 atom stereocenters. The Morgan fingerprint density at radius 2 is 1.95 bits per heavy atom. The van der Waals surface area contributed by atoms with E-state index in [1.54, 1.807) is 0 Å². The van der Waals surface area contributed by atoms with E-state index in [1.807, 2.05) is 25.1 Å². The molecule has 2 N–H and O–H groups in total. The monoisotopic (exact) mass is 405 g/mol. The van der Waals surface area contributed by atoms with Crippen molar-refractivity contribution < 1.29 is 4.74 Å². The van der Waals surface area contributed by atoms with Crippen molar-refractivity contribution in [3.63, 3.8) is 0 Å². The Kier molecular flexibility index (Phi) is 11.1. The van der Waals surface area contributed by atoms with E-state index in [0.29, 0.717) is 6.54 Å².